The molecule has 5 nitrogen and oxygen atoms in total. The van der Waals surface area contributed by atoms with Gasteiger partial charge in [0, 0.05) is 5.54 Å². The number of amides is 1. The van der Waals surface area contributed by atoms with E-state index in [-0.39, 0.29) is 11.4 Å². The first kappa shape index (κ1) is 9.89. The fourth-order valence-corrected chi connectivity index (χ4v) is 1.54. The molecule has 5 heteroatoms. The van der Waals surface area contributed by atoms with Crippen molar-refractivity contribution < 1.29 is 4.79 Å². The van der Waals surface area contributed by atoms with Crippen molar-refractivity contribution >= 4 is 11.6 Å². The minimum Gasteiger partial charge on any atom is -0.364 e. The maximum atomic E-state index is 12.1. The van der Waals surface area contributed by atoms with Gasteiger partial charge in [-0.15, -0.1) is 0 Å². The summed E-state index contributed by atoms with van der Waals surface area (Å²) in [5.41, 5.74) is 0.960. The molecule has 1 aromatic heterocycles. The van der Waals surface area contributed by atoms with Crippen LogP contribution >= 0.6 is 0 Å². The predicted molar refractivity (Wildman–Crippen MR) is 56.4 cm³/mol. The number of aromatic nitrogens is 2. The van der Waals surface area contributed by atoms with E-state index in [1.165, 1.54) is 6.33 Å². The number of nitrogens with one attached hydrogen (secondary N) is 1. The highest BCUT2D eigenvalue weighted by Crippen LogP contribution is 2.24. The van der Waals surface area contributed by atoms with Gasteiger partial charge in [0.05, 0.1) is 18.6 Å². The normalized spacial score (nSPS) is 15.9. The van der Waals surface area contributed by atoms with Crippen LogP contribution in [0.5, 0.6) is 0 Å². The summed E-state index contributed by atoms with van der Waals surface area (Å²) in [7, 11) is 0. The lowest BCUT2D eigenvalue weighted by molar-refractivity contribution is 0.0584. The summed E-state index contributed by atoms with van der Waals surface area (Å²) in [6, 6.07) is 0. The molecule has 0 atom stereocenters. The fraction of sp³-hybridized carbons (Fsp3) is 0.500. The Balaban J connectivity index is 2.38. The van der Waals surface area contributed by atoms with Gasteiger partial charge < -0.3 is 10.2 Å². The molecule has 1 aliphatic heterocycles. The van der Waals surface area contributed by atoms with E-state index in [9.17, 15) is 4.79 Å². The van der Waals surface area contributed by atoms with Crippen molar-refractivity contribution in [3.8, 4) is 0 Å². The monoisotopic (exact) mass is 206 g/mol. The summed E-state index contributed by atoms with van der Waals surface area (Å²) in [5, 5.41) is 3.13. The lowest BCUT2D eigenvalue weighted by atomic mass is 10.0. The summed E-state index contributed by atoms with van der Waals surface area (Å²) in [6.07, 6.45) is 3.02. The Morgan fingerprint density at radius 3 is 2.87 bits per heavy atom. The molecular formula is C10H14N4O. The summed E-state index contributed by atoms with van der Waals surface area (Å²) in [6.45, 7) is 6.50. The smallest absolute Gasteiger partial charge is 0.276 e. The average molecular weight is 206 g/mol. The molecular weight excluding hydrogens is 192 g/mol. The minimum absolute atomic E-state index is 0.0429. The van der Waals surface area contributed by atoms with E-state index >= 15 is 0 Å². The number of hydrogen-bond acceptors (Lipinski definition) is 4. The van der Waals surface area contributed by atoms with Crippen molar-refractivity contribution in [3.63, 3.8) is 0 Å². The van der Waals surface area contributed by atoms with Gasteiger partial charge in [-0.3, -0.25) is 4.79 Å². The van der Waals surface area contributed by atoms with Crippen LogP contribution in [0.25, 0.3) is 0 Å². The topological polar surface area (TPSA) is 58.1 Å². The van der Waals surface area contributed by atoms with E-state index in [0.717, 1.165) is 0 Å². The molecule has 1 aliphatic rings. The van der Waals surface area contributed by atoms with Crippen LogP contribution in [0.3, 0.4) is 0 Å². The van der Waals surface area contributed by atoms with Gasteiger partial charge >= 0.3 is 0 Å². The zero-order valence-electron chi connectivity index (χ0n) is 9.11. The number of anilines is 1. The minimum atomic E-state index is -0.202. The van der Waals surface area contributed by atoms with Crippen LogP contribution in [0.2, 0.25) is 0 Å². The van der Waals surface area contributed by atoms with Crippen molar-refractivity contribution in [2.75, 3.05) is 12.0 Å². The van der Waals surface area contributed by atoms with Gasteiger partial charge in [0.2, 0.25) is 0 Å². The largest absolute Gasteiger partial charge is 0.364 e. The Kier molecular flexibility index (Phi) is 2.10. The first-order valence-corrected chi connectivity index (χ1v) is 4.86. The zero-order chi connectivity index (χ0) is 11.1. The molecule has 0 aliphatic carbocycles. The highest BCUT2D eigenvalue weighted by atomic mass is 16.2. The fourth-order valence-electron chi connectivity index (χ4n) is 1.54. The molecule has 0 spiro atoms. The summed E-state index contributed by atoms with van der Waals surface area (Å²) in [5.74, 6) is -0.0429. The maximum absolute atomic E-state index is 12.1. The second-order valence-electron chi connectivity index (χ2n) is 4.52. The van der Waals surface area contributed by atoms with E-state index in [2.05, 4.69) is 15.3 Å². The van der Waals surface area contributed by atoms with E-state index in [1.54, 1.807) is 11.1 Å². The zero-order valence-corrected chi connectivity index (χ0v) is 9.11. The molecule has 2 rings (SSSR count). The van der Waals surface area contributed by atoms with E-state index in [1.807, 2.05) is 20.8 Å². The highest BCUT2D eigenvalue weighted by Gasteiger charge is 2.32. The molecule has 1 aromatic rings. The molecule has 0 bridgehead atoms. The summed E-state index contributed by atoms with van der Waals surface area (Å²) < 4.78 is 0. The van der Waals surface area contributed by atoms with Crippen molar-refractivity contribution in [2.24, 2.45) is 0 Å². The van der Waals surface area contributed by atoms with Crippen molar-refractivity contribution in [1.29, 1.82) is 0 Å². The van der Waals surface area contributed by atoms with Crippen LogP contribution in [-0.4, -0.2) is 33.0 Å². The second kappa shape index (κ2) is 3.18. The predicted octanol–water partition coefficient (Wildman–Crippen LogP) is 1.10. The molecule has 15 heavy (non-hydrogen) atoms. The third-order valence-electron chi connectivity index (χ3n) is 2.40. The first-order valence-electron chi connectivity index (χ1n) is 4.86. The average Bonchev–Trinajstić information content (AvgIpc) is 2.16. The molecule has 80 valence electrons. The van der Waals surface area contributed by atoms with Gasteiger partial charge in [-0.25, -0.2) is 9.97 Å². The molecule has 0 saturated heterocycles. The van der Waals surface area contributed by atoms with Crippen LogP contribution in [-0.2, 0) is 0 Å². The van der Waals surface area contributed by atoms with Gasteiger partial charge in [0.25, 0.3) is 5.91 Å². The maximum Gasteiger partial charge on any atom is 0.276 e. The van der Waals surface area contributed by atoms with Gasteiger partial charge in [0.15, 0.2) is 5.69 Å². The second-order valence-corrected chi connectivity index (χ2v) is 4.52. The highest BCUT2D eigenvalue weighted by molar-refractivity contribution is 5.99. The molecule has 0 aromatic carbocycles. The molecule has 0 radical (unpaired) electrons. The quantitative estimate of drug-likeness (QED) is 0.690. The SMILES string of the molecule is CC(C)(C)N1CNc2cncnc2C1=O. The van der Waals surface area contributed by atoms with E-state index in [0.29, 0.717) is 18.1 Å². The Hall–Kier alpha value is -1.65. The van der Waals surface area contributed by atoms with Gasteiger partial charge in [0.1, 0.15) is 6.33 Å². The lowest BCUT2D eigenvalue weighted by Gasteiger charge is -2.38. The Labute approximate surface area is 88.5 Å². The summed E-state index contributed by atoms with van der Waals surface area (Å²) in [4.78, 5) is 21.7. The summed E-state index contributed by atoms with van der Waals surface area (Å²) >= 11 is 0. The van der Waals surface area contributed by atoms with Crippen LogP contribution in [0.1, 0.15) is 31.3 Å². The van der Waals surface area contributed by atoms with E-state index < -0.39 is 0 Å². The molecule has 1 N–H and O–H groups in total. The molecule has 1 amide bonds. The first-order chi connectivity index (χ1) is 7.00. The number of carbonyl (C=O) groups is 1. The van der Waals surface area contributed by atoms with Crippen LogP contribution in [0.4, 0.5) is 5.69 Å². The number of fused-ring (bicyclic) bond motifs is 1. The van der Waals surface area contributed by atoms with E-state index in [4.69, 9.17) is 0 Å². The van der Waals surface area contributed by atoms with Gasteiger partial charge in [-0.05, 0) is 20.8 Å². The number of nitrogens with zero attached hydrogens (tertiary/aromatic N) is 3. The van der Waals surface area contributed by atoms with Gasteiger partial charge in [-0.2, -0.15) is 0 Å². The standard InChI is InChI=1S/C10H14N4O/c1-10(2,3)14-6-13-7-4-11-5-12-8(7)9(14)15/h4-5,13H,6H2,1-3H3. The third kappa shape index (κ3) is 1.65. The Morgan fingerprint density at radius 1 is 1.47 bits per heavy atom. The molecule has 0 unspecified atom stereocenters. The number of rotatable bonds is 0. The Morgan fingerprint density at radius 2 is 2.20 bits per heavy atom. The van der Waals surface area contributed by atoms with Crippen LogP contribution in [0, 0.1) is 0 Å². The van der Waals surface area contributed by atoms with Crippen molar-refractivity contribution in [2.45, 2.75) is 26.3 Å². The lowest BCUT2D eigenvalue weighted by Crippen LogP contribution is -2.51. The van der Waals surface area contributed by atoms with Crippen molar-refractivity contribution in [1.82, 2.24) is 14.9 Å². The van der Waals surface area contributed by atoms with Crippen molar-refractivity contribution in [3.05, 3.63) is 18.2 Å². The molecule has 0 fully saturated rings. The Bertz CT molecular complexity index is 397. The number of hydrogen-bond donors (Lipinski definition) is 1. The van der Waals surface area contributed by atoms with Crippen LogP contribution < -0.4 is 5.32 Å². The third-order valence-corrected chi connectivity index (χ3v) is 2.40. The molecule has 2 heterocycles. The number of carbonyl (C=O) groups excluding carboxylic acids is 1. The van der Waals surface area contributed by atoms with Gasteiger partial charge in [-0.1, -0.05) is 0 Å². The van der Waals surface area contributed by atoms with Crippen LogP contribution in [0.15, 0.2) is 12.5 Å². The molecule has 0 saturated carbocycles.